The smallest absolute Gasteiger partial charge is 0.269 e. The van der Waals surface area contributed by atoms with Gasteiger partial charge < -0.3 is 4.98 Å². The Morgan fingerprint density at radius 2 is 2.07 bits per heavy atom. The lowest BCUT2D eigenvalue weighted by molar-refractivity contribution is 0.106. The van der Waals surface area contributed by atoms with Crippen LogP contribution >= 0.6 is 23.2 Å². The summed E-state index contributed by atoms with van der Waals surface area (Å²) in [6, 6.07) is 0. The fourth-order valence-electron chi connectivity index (χ4n) is 0.892. The van der Waals surface area contributed by atoms with Gasteiger partial charge in [0, 0.05) is 6.20 Å². The molecule has 0 spiro atoms. The van der Waals surface area contributed by atoms with Crippen molar-refractivity contribution in [3.05, 3.63) is 32.7 Å². The molecule has 7 heteroatoms. The summed E-state index contributed by atoms with van der Waals surface area (Å²) < 4.78 is 24.7. The highest BCUT2D eigenvalue weighted by Gasteiger charge is 2.22. The maximum Gasteiger partial charge on any atom is 0.269 e. The molecule has 0 aliphatic rings. The fraction of sp³-hybridized carbons (Fsp3) is 0.143. The van der Waals surface area contributed by atoms with Gasteiger partial charge in [-0.3, -0.25) is 9.59 Å². The van der Waals surface area contributed by atoms with Gasteiger partial charge >= 0.3 is 0 Å². The molecule has 0 aliphatic heterocycles. The third kappa shape index (κ3) is 1.93. The van der Waals surface area contributed by atoms with Crippen molar-refractivity contribution in [2.75, 3.05) is 0 Å². The molecule has 1 N–H and O–H groups in total. The van der Waals surface area contributed by atoms with Crippen molar-refractivity contribution < 1.29 is 13.6 Å². The first-order chi connectivity index (χ1) is 6.45. The molecule has 1 heterocycles. The van der Waals surface area contributed by atoms with Crippen LogP contribution in [0, 0.1) is 0 Å². The predicted molar refractivity (Wildman–Crippen MR) is 47.2 cm³/mol. The van der Waals surface area contributed by atoms with Crippen molar-refractivity contribution in [3.8, 4) is 0 Å². The Hall–Kier alpha value is -0.940. The van der Waals surface area contributed by atoms with Crippen LogP contribution in [-0.2, 0) is 0 Å². The van der Waals surface area contributed by atoms with Gasteiger partial charge in [-0.15, -0.1) is 0 Å². The molecule has 0 saturated heterocycles. The van der Waals surface area contributed by atoms with Crippen LogP contribution in [0.5, 0.6) is 0 Å². The van der Waals surface area contributed by atoms with E-state index in [4.69, 9.17) is 23.2 Å². The number of hydrogen-bond donors (Lipinski definition) is 1. The summed E-state index contributed by atoms with van der Waals surface area (Å²) >= 11 is 10.3. The highest BCUT2D eigenvalue weighted by Crippen LogP contribution is 2.20. The van der Waals surface area contributed by atoms with E-state index in [0.717, 1.165) is 6.20 Å². The molecule has 1 rings (SSSR count). The Morgan fingerprint density at radius 1 is 1.50 bits per heavy atom. The Bertz CT molecular complexity index is 430. The van der Waals surface area contributed by atoms with Gasteiger partial charge in [-0.25, -0.2) is 8.78 Å². The third-order valence-electron chi connectivity index (χ3n) is 1.49. The van der Waals surface area contributed by atoms with E-state index in [1.165, 1.54) is 0 Å². The van der Waals surface area contributed by atoms with Crippen molar-refractivity contribution >= 4 is 28.4 Å². The first kappa shape index (κ1) is 11.1. The molecule has 0 aromatic carbocycles. The van der Waals surface area contributed by atoms with Crippen molar-refractivity contribution in [3.63, 3.8) is 0 Å². The summed E-state index contributed by atoms with van der Waals surface area (Å²) in [5.41, 5.74) is -2.72. The SMILES string of the molecule is O=C(Cl)c1[nH]cc(Cl)c(=O)c1C(F)F. The second-order valence-electron chi connectivity index (χ2n) is 2.33. The quantitative estimate of drug-likeness (QED) is 0.809. The lowest BCUT2D eigenvalue weighted by Gasteiger charge is -2.03. The van der Waals surface area contributed by atoms with Crippen molar-refractivity contribution in [2.24, 2.45) is 0 Å². The Morgan fingerprint density at radius 3 is 2.50 bits per heavy atom. The van der Waals surface area contributed by atoms with Gasteiger partial charge in [-0.05, 0) is 11.6 Å². The van der Waals surface area contributed by atoms with Crippen LogP contribution in [0.3, 0.4) is 0 Å². The van der Waals surface area contributed by atoms with Crippen LogP contribution in [0.25, 0.3) is 0 Å². The molecule has 1 aromatic heterocycles. The Balaban J connectivity index is 3.54. The molecule has 1 aromatic rings. The minimum absolute atomic E-state index is 0.415. The number of hydrogen-bond acceptors (Lipinski definition) is 2. The van der Waals surface area contributed by atoms with Crippen LogP contribution in [0.1, 0.15) is 22.5 Å². The van der Waals surface area contributed by atoms with Crippen molar-refractivity contribution in [1.82, 2.24) is 4.98 Å². The second-order valence-corrected chi connectivity index (χ2v) is 3.08. The topological polar surface area (TPSA) is 49.9 Å². The van der Waals surface area contributed by atoms with Gasteiger partial charge in [0.2, 0.25) is 5.43 Å². The first-order valence-electron chi connectivity index (χ1n) is 3.34. The lowest BCUT2D eigenvalue weighted by atomic mass is 10.2. The highest BCUT2D eigenvalue weighted by molar-refractivity contribution is 6.67. The van der Waals surface area contributed by atoms with E-state index in [-0.39, 0.29) is 0 Å². The molecule has 3 nitrogen and oxygen atoms in total. The average molecular weight is 242 g/mol. The fourth-order valence-corrected chi connectivity index (χ4v) is 1.20. The number of carbonyl (C=O) groups is 1. The predicted octanol–water partition coefficient (Wildman–Crippen LogP) is 2.34. The molecule has 0 bridgehead atoms. The maximum atomic E-state index is 12.3. The Kier molecular flexibility index (Phi) is 3.23. The lowest BCUT2D eigenvalue weighted by Crippen LogP contribution is -2.16. The molecule has 0 unspecified atom stereocenters. The van der Waals surface area contributed by atoms with E-state index in [9.17, 15) is 18.4 Å². The van der Waals surface area contributed by atoms with Gasteiger partial charge in [0.1, 0.15) is 10.7 Å². The van der Waals surface area contributed by atoms with Crippen molar-refractivity contribution in [2.45, 2.75) is 6.43 Å². The van der Waals surface area contributed by atoms with Gasteiger partial charge in [-0.2, -0.15) is 0 Å². The van der Waals surface area contributed by atoms with E-state index >= 15 is 0 Å². The molecular weight excluding hydrogens is 239 g/mol. The molecule has 76 valence electrons. The van der Waals surface area contributed by atoms with Crippen LogP contribution in [0.15, 0.2) is 11.0 Å². The van der Waals surface area contributed by atoms with Crippen LogP contribution in [0.4, 0.5) is 8.78 Å². The number of aromatic nitrogens is 1. The number of rotatable bonds is 2. The van der Waals surface area contributed by atoms with E-state index in [0.29, 0.717) is 0 Å². The van der Waals surface area contributed by atoms with Crippen LogP contribution in [0.2, 0.25) is 5.02 Å². The number of carbonyl (C=O) groups excluding carboxylic acids is 1. The third-order valence-corrected chi connectivity index (χ3v) is 1.96. The van der Waals surface area contributed by atoms with E-state index in [1.807, 2.05) is 0 Å². The number of pyridine rings is 1. The number of H-pyrrole nitrogens is 1. The number of aromatic amines is 1. The number of alkyl halides is 2. The first-order valence-corrected chi connectivity index (χ1v) is 4.09. The van der Waals surface area contributed by atoms with Crippen LogP contribution in [-0.4, -0.2) is 10.2 Å². The summed E-state index contributed by atoms with van der Waals surface area (Å²) in [5, 5.41) is -1.57. The minimum atomic E-state index is -3.10. The summed E-state index contributed by atoms with van der Waals surface area (Å²) in [6.45, 7) is 0. The van der Waals surface area contributed by atoms with E-state index < -0.39 is 33.4 Å². The zero-order valence-corrected chi connectivity index (χ0v) is 7.99. The summed E-state index contributed by atoms with van der Waals surface area (Å²) in [6.07, 6.45) is -2.17. The van der Waals surface area contributed by atoms with Gasteiger partial charge in [0.05, 0.1) is 5.56 Å². The largest absolute Gasteiger partial charge is 0.356 e. The number of nitrogens with one attached hydrogen (secondary N) is 1. The van der Waals surface area contributed by atoms with E-state index in [2.05, 4.69) is 4.98 Å². The molecule has 0 atom stereocenters. The summed E-state index contributed by atoms with van der Waals surface area (Å²) in [7, 11) is 0. The standard InChI is InChI=1S/C7H3Cl2F2NO2/c8-2-1-12-4(6(9)14)3(5(2)13)7(10)11/h1,7H,(H,12,13). The van der Waals surface area contributed by atoms with Crippen molar-refractivity contribution in [1.29, 1.82) is 0 Å². The molecule has 0 saturated carbocycles. The molecule has 14 heavy (non-hydrogen) atoms. The molecule has 0 aliphatic carbocycles. The van der Waals surface area contributed by atoms with Gasteiger partial charge in [0.15, 0.2) is 0 Å². The minimum Gasteiger partial charge on any atom is -0.356 e. The van der Waals surface area contributed by atoms with E-state index in [1.54, 1.807) is 0 Å². The maximum absolute atomic E-state index is 12.3. The molecule has 0 fully saturated rings. The highest BCUT2D eigenvalue weighted by atomic mass is 35.5. The molecular formula is C7H3Cl2F2NO2. The van der Waals surface area contributed by atoms with Gasteiger partial charge in [0.25, 0.3) is 11.7 Å². The average Bonchev–Trinajstić information content (AvgIpc) is 2.08. The normalized spacial score (nSPS) is 10.6. The second kappa shape index (κ2) is 4.06. The summed E-state index contributed by atoms with van der Waals surface area (Å²) in [5.74, 6) is 0. The Labute approximate surface area is 86.6 Å². The molecule has 0 radical (unpaired) electrons. The number of halogens is 4. The summed E-state index contributed by atoms with van der Waals surface area (Å²) in [4.78, 5) is 23.9. The van der Waals surface area contributed by atoms with Gasteiger partial charge in [-0.1, -0.05) is 11.6 Å². The van der Waals surface area contributed by atoms with Crippen LogP contribution < -0.4 is 5.43 Å². The monoisotopic (exact) mass is 241 g/mol. The molecule has 0 amide bonds. The zero-order chi connectivity index (χ0) is 10.9. The zero-order valence-electron chi connectivity index (χ0n) is 6.48.